The summed E-state index contributed by atoms with van der Waals surface area (Å²) in [4.78, 5) is 0. The van der Waals surface area contributed by atoms with E-state index in [0.29, 0.717) is 0 Å². The molecule has 2 heteroatoms. The van der Waals surface area contributed by atoms with Crippen LogP contribution in [0.5, 0.6) is 0 Å². The quantitative estimate of drug-likeness (QED) is 0.649. The van der Waals surface area contributed by atoms with Crippen molar-refractivity contribution in [3.8, 4) is 0 Å². The molecule has 0 spiro atoms. The van der Waals surface area contributed by atoms with Gasteiger partial charge in [0.05, 0.1) is 0 Å². The van der Waals surface area contributed by atoms with Crippen LogP contribution in [0.2, 0.25) is 0 Å². The minimum Gasteiger partial charge on any atom is -0.328 e. The molecule has 2 nitrogen and oxygen atoms in total. The Morgan fingerprint density at radius 1 is 1.33 bits per heavy atom. The lowest BCUT2D eigenvalue weighted by atomic mass is 10.1. The molecule has 1 aromatic carbocycles. The Kier molecular flexibility index (Phi) is 1.84. The fourth-order valence-electron chi connectivity index (χ4n) is 1.37. The summed E-state index contributed by atoms with van der Waals surface area (Å²) in [7, 11) is 0. The third kappa shape index (κ3) is 1.34. The summed E-state index contributed by atoms with van der Waals surface area (Å²) in [6.07, 6.45) is 2.01. The molecule has 0 unspecified atom stereocenters. The zero-order chi connectivity index (χ0) is 8.39. The summed E-state index contributed by atoms with van der Waals surface area (Å²) in [5, 5.41) is 0. The first-order valence-corrected chi connectivity index (χ1v) is 4.11. The predicted molar refractivity (Wildman–Crippen MR) is 50.3 cm³/mol. The summed E-state index contributed by atoms with van der Waals surface area (Å²) in [6, 6.07) is 8.53. The van der Waals surface area contributed by atoms with Gasteiger partial charge < -0.3 is 5.43 Å². The van der Waals surface area contributed by atoms with Crippen LogP contribution in [0.15, 0.2) is 30.5 Å². The number of nitrogens with one attached hydrogen (secondary N) is 2. The molecule has 0 saturated carbocycles. The molecule has 0 bridgehead atoms. The molecular formula is C10H12N2. The fourth-order valence-corrected chi connectivity index (χ4v) is 1.37. The molecule has 1 aliphatic heterocycles. The van der Waals surface area contributed by atoms with Crippen LogP contribution >= 0.6 is 0 Å². The normalized spacial score (nSPS) is 15.6. The lowest BCUT2D eigenvalue weighted by molar-refractivity contribution is 0.729. The van der Waals surface area contributed by atoms with Crippen LogP contribution in [0, 0.1) is 6.92 Å². The molecule has 1 aromatic rings. The van der Waals surface area contributed by atoms with Gasteiger partial charge >= 0.3 is 0 Å². The minimum atomic E-state index is 0.906. The van der Waals surface area contributed by atoms with Gasteiger partial charge in [0.15, 0.2) is 0 Å². The number of aryl methyl sites for hydroxylation is 1. The molecule has 0 amide bonds. The van der Waals surface area contributed by atoms with E-state index in [1.165, 1.54) is 16.7 Å². The first-order chi connectivity index (χ1) is 5.86. The summed E-state index contributed by atoms with van der Waals surface area (Å²) in [5.74, 6) is 0. The SMILES string of the molecule is Cc1cccc(C2=CNNC2)c1. The highest BCUT2D eigenvalue weighted by molar-refractivity contribution is 5.68. The van der Waals surface area contributed by atoms with Crippen molar-refractivity contribution >= 4 is 5.57 Å². The first-order valence-electron chi connectivity index (χ1n) is 4.11. The molecule has 0 fully saturated rings. The van der Waals surface area contributed by atoms with Crippen LogP contribution < -0.4 is 10.9 Å². The lowest BCUT2D eigenvalue weighted by Crippen LogP contribution is -2.20. The molecule has 1 heterocycles. The van der Waals surface area contributed by atoms with Crippen molar-refractivity contribution in [3.63, 3.8) is 0 Å². The number of hydrogen-bond acceptors (Lipinski definition) is 2. The number of rotatable bonds is 1. The number of hydrogen-bond donors (Lipinski definition) is 2. The van der Waals surface area contributed by atoms with Crippen molar-refractivity contribution in [2.75, 3.05) is 6.54 Å². The maximum atomic E-state index is 3.05. The predicted octanol–water partition coefficient (Wildman–Crippen LogP) is 1.44. The summed E-state index contributed by atoms with van der Waals surface area (Å²) < 4.78 is 0. The van der Waals surface area contributed by atoms with E-state index < -0.39 is 0 Å². The highest BCUT2D eigenvalue weighted by Crippen LogP contribution is 2.15. The van der Waals surface area contributed by atoms with Crippen molar-refractivity contribution in [1.82, 2.24) is 10.9 Å². The van der Waals surface area contributed by atoms with Crippen molar-refractivity contribution in [1.29, 1.82) is 0 Å². The van der Waals surface area contributed by atoms with E-state index in [2.05, 4.69) is 42.0 Å². The van der Waals surface area contributed by atoms with Gasteiger partial charge in [-0.15, -0.1) is 0 Å². The van der Waals surface area contributed by atoms with Crippen molar-refractivity contribution in [3.05, 3.63) is 41.6 Å². The maximum absolute atomic E-state index is 3.05. The lowest BCUT2D eigenvalue weighted by Gasteiger charge is -2.00. The molecule has 62 valence electrons. The monoisotopic (exact) mass is 160 g/mol. The van der Waals surface area contributed by atoms with E-state index in [0.717, 1.165) is 6.54 Å². The number of hydrazine groups is 1. The standard InChI is InChI=1S/C10H12N2/c1-8-3-2-4-9(5-8)10-6-11-12-7-10/h2-6,11-12H,7H2,1H3. The van der Waals surface area contributed by atoms with Gasteiger partial charge in [-0.1, -0.05) is 29.8 Å². The Balaban J connectivity index is 2.33. The Bertz CT molecular complexity index is 315. The Morgan fingerprint density at radius 3 is 2.92 bits per heavy atom. The minimum absolute atomic E-state index is 0.906. The first kappa shape index (κ1) is 7.37. The average molecular weight is 160 g/mol. The van der Waals surface area contributed by atoms with E-state index in [9.17, 15) is 0 Å². The molecule has 2 N–H and O–H groups in total. The van der Waals surface area contributed by atoms with Gasteiger partial charge in [-0.05, 0) is 18.1 Å². The van der Waals surface area contributed by atoms with E-state index in [1.807, 2.05) is 6.20 Å². The largest absolute Gasteiger partial charge is 0.328 e. The van der Waals surface area contributed by atoms with Gasteiger partial charge in [-0.2, -0.15) is 0 Å². The van der Waals surface area contributed by atoms with Gasteiger partial charge in [0, 0.05) is 12.7 Å². The van der Waals surface area contributed by atoms with E-state index >= 15 is 0 Å². The van der Waals surface area contributed by atoms with E-state index in [4.69, 9.17) is 0 Å². The van der Waals surface area contributed by atoms with Gasteiger partial charge in [-0.25, -0.2) is 5.43 Å². The topological polar surface area (TPSA) is 24.1 Å². The highest BCUT2D eigenvalue weighted by atomic mass is 15.4. The second-order valence-corrected chi connectivity index (χ2v) is 3.04. The number of benzene rings is 1. The maximum Gasteiger partial charge on any atom is 0.0419 e. The molecule has 0 radical (unpaired) electrons. The van der Waals surface area contributed by atoms with Crippen molar-refractivity contribution in [2.45, 2.75) is 6.92 Å². The van der Waals surface area contributed by atoms with Gasteiger partial charge in [0.25, 0.3) is 0 Å². The van der Waals surface area contributed by atoms with Crippen LogP contribution in [0.1, 0.15) is 11.1 Å². The third-order valence-corrected chi connectivity index (χ3v) is 2.02. The molecule has 0 aliphatic carbocycles. The van der Waals surface area contributed by atoms with Crippen LogP contribution in [-0.2, 0) is 0 Å². The van der Waals surface area contributed by atoms with Crippen molar-refractivity contribution < 1.29 is 0 Å². The van der Waals surface area contributed by atoms with Gasteiger partial charge in [0.2, 0.25) is 0 Å². The highest BCUT2D eigenvalue weighted by Gasteiger charge is 2.04. The molecule has 0 saturated heterocycles. The van der Waals surface area contributed by atoms with Gasteiger partial charge in [-0.3, -0.25) is 0 Å². The van der Waals surface area contributed by atoms with Crippen LogP contribution in [0.3, 0.4) is 0 Å². The smallest absolute Gasteiger partial charge is 0.0419 e. The zero-order valence-electron chi connectivity index (χ0n) is 7.09. The Labute approximate surface area is 72.3 Å². The fraction of sp³-hybridized carbons (Fsp3) is 0.200. The zero-order valence-corrected chi connectivity index (χ0v) is 7.09. The van der Waals surface area contributed by atoms with Crippen molar-refractivity contribution in [2.24, 2.45) is 0 Å². The molecule has 2 rings (SSSR count). The second kappa shape index (κ2) is 2.99. The molecule has 12 heavy (non-hydrogen) atoms. The average Bonchev–Trinajstić information content (AvgIpc) is 2.56. The molecule has 1 aliphatic rings. The van der Waals surface area contributed by atoms with Crippen LogP contribution in [0.25, 0.3) is 5.57 Å². The Hall–Kier alpha value is -1.28. The molecule has 0 aromatic heterocycles. The molecular weight excluding hydrogens is 148 g/mol. The van der Waals surface area contributed by atoms with Gasteiger partial charge in [0.1, 0.15) is 0 Å². The third-order valence-electron chi connectivity index (χ3n) is 2.02. The molecule has 0 atom stereocenters. The van der Waals surface area contributed by atoms with E-state index in [-0.39, 0.29) is 0 Å². The summed E-state index contributed by atoms with van der Waals surface area (Å²) in [5.41, 5.74) is 9.95. The second-order valence-electron chi connectivity index (χ2n) is 3.04. The Morgan fingerprint density at radius 2 is 2.25 bits per heavy atom. The summed E-state index contributed by atoms with van der Waals surface area (Å²) >= 11 is 0. The van der Waals surface area contributed by atoms with Crippen LogP contribution in [0.4, 0.5) is 0 Å². The van der Waals surface area contributed by atoms with Crippen LogP contribution in [-0.4, -0.2) is 6.54 Å². The van der Waals surface area contributed by atoms with E-state index in [1.54, 1.807) is 0 Å². The summed E-state index contributed by atoms with van der Waals surface area (Å²) in [6.45, 7) is 3.02.